The van der Waals surface area contributed by atoms with Gasteiger partial charge in [-0.05, 0) is 52.7 Å². The molecular weight excluding hydrogens is 334 g/mol. The zero-order valence-electron chi connectivity index (χ0n) is 9.82. The van der Waals surface area contributed by atoms with Crippen molar-refractivity contribution >= 4 is 38.9 Å². The molecule has 18 heavy (non-hydrogen) atoms. The Kier molecular flexibility index (Phi) is 4.67. The summed E-state index contributed by atoms with van der Waals surface area (Å²) in [5.74, 6) is 0.669. The summed E-state index contributed by atoms with van der Waals surface area (Å²) < 4.78 is 6.95. The van der Waals surface area contributed by atoms with Gasteiger partial charge in [-0.1, -0.05) is 17.7 Å². The van der Waals surface area contributed by atoms with Crippen LogP contribution in [-0.4, -0.2) is 6.54 Å². The fourth-order valence-corrected chi connectivity index (χ4v) is 3.32. The van der Waals surface area contributed by atoms with Crippen LogP contribution in [0.15, 0.2) is 34.1 Å². The van der Waals surface area contributed by atoms with Gasteiger partial charge in [0.15, 0.2) is 0 Å². The van der Waals surface area contributed by atoms with Gasteiger partial charge in [0, 0.05) is 11.4 Å². The van der Waals surface area contributed by atoms with Crippen molar-refractivity contribution in [2.75, 3.05) is 6.54 Å². The standard InChI is InChI=1S/C13H13BrClNOS/c1-8-2-3-10(9(15)6-8)17-11(7-16)12-4-5-13(14)18-12/h2-6,11H,7,16H2,1H3. The summed E-state index contributed by atoms with van der Waals surface area (Å²) >= 11 is 11.2. The van der Waals surface area contributed by atoms with Crippen LogP contribution in [0.4, 0.5) is 0 Å². The number of benzene rings is 1. The lowest BCUT2D eigenvalue weighted by atomic mass is 10.2. The van der Waals surface area contributed by atoms with E-state index in [1.165, 1.54) is 0 Å². The summed E-state index contributed by atoms with van der Waals surface area (Å²) in [6.07, 6.45) is -0.165. The Hall–Kier alpha value is -0.550. The molecule has 5 heteroatoms. The Morgan fingerprint density at radius 1 is 1.39 bits per heavy atom. The van der Waals surface area contributed by atoms with Crippen LogP contribution in [0.2, 0.25) is 5.02 Å². The number of hydrogen-bond acceptors (Lipinski definition) is 3. The van der Waals surface area contributed by atoms with E-state index in [9.17, 15) is 0 Å². The van der Waals surface area contributed by atoms with Gasteiger partial charge in [0.25, 0.3) is 0 Å². The minimum Gasteiger partial charge on any atom is -0.482 e. The van der Waals surface area contributed by atoms with E-state index >= 15 is 0 Å². The molecule has 0 aliphatic heterocycles. The third-order valence-corrected chi connectivity index (χ3v) is 4.49. The SMILES string of the molecule is Cc1ccc(OC(CN)c2ccc(Br)s2)c(Cl)c1. The highest BCUT2D eigenvalue weighted by Gasteiger charge is 2.15. The molecule has 0 radical (unpaired) electrons. The zero-order chi connectivity index (χ0) is 13.1. The van der Waals surface area contributed by atoms with Gasteiger partial charge in [0.2, 0.25) is 0 Å². The second kappa shape index (κ2) is 6.06. The normalized spacial score (nSPS) is 12.4. The molecule has 0 fully saturated rings. The van der Waals surface area contributed by atoms with Gasteiger partial charge in [-0.25, -0.2) is 0 Å². The summed E-state index contributed by atoms with van der Waals surface area (Å²) in [6, 6.07) is 9.73. The molecule has 1 heterocycles. The van der Waals surface area contributed by atoms with Gasteiger partial charge in [-0.2, -0.15) is 0 Å². The van der Waals surface area contributed by atoms with Crippen LogP contribution in [0.5, 0.6) is 5.75 Å². The van der Waals surface area contributed by atoms with E-state index in [1.807, 2.05) is 37.3 Å². The summed E-state index contributed by atoms with van der Waals surface area (Å²) in [5.41, 5.74) is 6.87. The average Bonchev–Trinajstić information content (AvgIpc) is 2.75. The number of thiophene rings is 1. The molecule has 0 aliphatic rings. The van der Waals surface area contributed by atoms with E-state index in [0.29, 0.717) is 17.3 Å². The summed E-state index contributed by atoms with van der Waals surface area (Å²) in [7, 11) is 0. The quantitative estimate of drug-likeness (QED) is 0.881. The van der Waals surface area contributed by atoms with Crippen LogP contribution in [0.1, 0.15) is 16.5 Å². The summed E-state index contributed by atoms with van der Waals surface area (Å²) in [4.78, 5) is 1.08. The molecule has 0 amide bonds. The first-order valence-corrected chi connectivity index (χ1v) is 7.47. The number of ether oxygens (including phenoxy) is 1. The van der Waals surface area contributed by atoms with Gasteiger partial charge in [-0.15, -0.1) is 11.3 Å². The van der Waals surface area contributed by atoms with Gasteiger partial charge in [0.05, 0.1) is 8.81 Å². The number of hydrogen-bond donors (Lipinski definition) is 1. The predicted molar refractivity (Wildman–Crippen MR) is 80.6 cm³/mol. The lowest BCUT2D eigenvalue weighted by Crippen LogP contribution is -2.17. The maximum atomic E-state index is 6.15. The lowest BCUT2D eigenvalue weighted by Gasteiger charge is -2.17. The highest BCUT2D eigenvalue weighted by Crippen LogP contribution is 2.33. The third-order valence-electron chi connectivity index (χ3n) is 2.48. The first-order chi connectivity index (χ1) is 8.60. The Morgan fingerprint density at radius 3 is 2.72 bits per heavy atom. The maximum Gasteiger partial charge on any atom is 0.145 e. The molecule has 1 aromatic heterocycles. The number of nitrogens with two attached hydrogens (primary N) is 1. The average molecular weight is 347 g/mol. The Bertz CT molecular complexity index is 544. The molecule has 2 rings (SSSR count). The van der Waals surface area contributed by atoms with Crippen molar-refractivity contribution in [2.45, 2.75) is 13.0 Å². The molecule has 0 spiro atoms. The molecule has 1 atom stereocenters. The Labute approximate surface area is 124 Å². The predicted octanol–water partition coefficient (Wildman–Crippen LogP) is 4.55. The van der Waals surface area contributed by atoms with E-state index in [-0.39, 0.29) is 6.10 Å². The number of aryl methyl sites for hydroxylation is 1. The van der Waals surface area contributed by atoms with E-state index in [1.54, 1.807) is 11.3 Å². The fraction of sp³-hybridized carbons (Fsp3) is 0.231. The summed E-state index contributed by atoms with van der Waals surface area (Å²) in [5, 5.41) is 0.615. The van der Waals surface area contributed by atoms with Gasteiger partial charge < -0.3 is 10.5 Å². The highest BCUT2D eigenvalue weighted by molar-refractivity contribution is 9.11. The van der Waals surface area contributed by atoms with Crippen LogP contribution in [-0.2, 0) is 0 Å². The Morgan fingerprint density at radius 2 is 2.17 bits per heavy atom. The first-order valence-electron chi connectivity index (χ1n) is 5.48. The van der Waals surface area contributed by atoms with Crippen molar-refractivity contribution in [3.63, 3.8) is 0 Å². The van der Waals surface area contributed by atoms with Crippen molar-refractivity contribution in [1.82, 2.24) is 0 Å². The van der Waals surface area contributed by atoms with E-state index in [4.69, 9.17) is 22.1 Å². The van der Waals surface area contributed by atoms with E-state index in [0.717, 1.165) is 14.2 Å². The second-order valence-corrected chi connectivity index (χ2v) is 6.82. The van der Waals surface area contributed by atoms with Crippen molar-refractivity contribution in [2.24, 2.45) is 5.73 Å². The minimum atomic E-state index is -0.165. The van der Waals surface area contributed by atoms with Gasteiger partial charge in [-0.3, -0.25) is 0 Å². The molecule has 0 saturated carbocycles. The molecule has 2 aromatic rings. The smallest absolute Gasteiger partial charge is 0.145 e. The van der Waals surface area contributed by atoms with Crippen LogP contribution in [0, 0.1) is 6.92 Å². The fourth-order valence-electron chi connectivity index (χ4n) is 1.58. The monoisotopic (exact) mass is 345 g/mol. The van der Waals surface area contributed by atoms with Crippen molar-refractivity contribution < 1.29 is 4.74 Å². The van der Waals surface area contributed by atoms with Crippen LogP contribution < -0.4 is 10.5 Å². The van der Waals surface area contributed by atoms with Crippen molar-refractivity contribution in [1.29, 1.82) is 0 Å². The molecule has 0 aliphatic carbocycles. The van der Waals surface area contributed by atoms with Crippen LogP contribution in [0.3, 0.4) is 0 Å². The van der Waals surface area contributed by atoms with Crippen molar-refractivity contribution in [3.8, 4) is 5.75 Å². The topological polar surface area (TPSA) is 35.2 Å². The van der Waals surface area contributed by atoms with Gasteiger partial charge in [0.1, 0.15) is 11.9 Å². The Balaban J connectivity index is 2.20. The largest absolute Gasteiger partial charge is 0.482 e. The van der Waals surface area contributed by atoms with Crippen molar-refractivity contribution in [3.05, 3.63) is 49.6 Å². The molecule has 0 bridgehead atoms. The zero-order valence-corrected chi connectivity index (χ0v) is 13.0. The second-order valence-electron chi connectivity index (χ2n) is 3.92. The maximum absolute atomic E-state index is 6.15. The summed E-state index contributed by atoms with van der Waals surface area (Å²) in [6.45, 7) is 2.41. The molecule has 2 N–H and O–H groups in total. The highest BCUT2D eigenvalue weighted by atomic mass is 79.9. The third kappa shape index (κ3) is 3.26. The van der Waals surface area contributed by atoms with Crippen LogP contribution in [0.25, 0.3) is 0 Å². The minimum absolute atomic E-state index is 0.165. The molecule has 1 unspecified atom stereocenters. The van der Waals surface area contributed by atoms with E-state index < -0.39 is 0 Å². The van der Waals surface area contributed by atoms with Crippen LogP contribution >= 0.6 is 38.9 Å². The molecule has 2 nitrogen and oxygen atoms in total. The molecule has 1 aromatic carbocycles. The molecule has 0 saturated heterocycles. The van der Waals surface area contributed by atoms with E-state index in [2.05, 4.69) is 15.9 Å². The first kappa shape index (κ1) is 13.9. The van der Waals surface area contributed by atoms with Gasteiger partial charge >= 0.3 is 0 Å². The molecular formula is C13H13BrClNOS. The molecule has 96 valence electrons. The number of halogens is 2. The number of rotatable bonds is 4. The lowest BCUT2D eigenvalue weighted by molar-refractivity contribution is 0.218.